The maximum absolute atomic E-state index is 8.20. The summed E-state index contributed by atoms with van der Waals surface area (Å²) >= 11 is 0. The number of hydrogen-bond donors (Lipinski definition) is 1. The lowest BCUT2D eigenvalue weighted by molar-refractivity contribution is 0.0263. The summed E-state index contributed by atoms with van der Waals surface area (Å²) in [7, 11) is 9.12. The Morgan fingerprint density at radius 1 is 0.880 bits per heavy atom. The smallest absolute Gasteiger partial charge is 0.0701 e. The van der Waals surface area contributed by atoms with Crippen LogP contribution >= 0.6 is 0 Å². The van der Waals surface area contributed by atoms with Gasteiger partial charge < -0.3 is 33.7 Å². The zero-order valence-corrected chi connectivity index (χ0v) is 16.9. The van der Waals surface area contributed by atoms with Crippen LogP contribution in [0.2, 0.25) is 0 Å². The Morgan fingerprint density at radius 2 is 1.48 bits per heavy atom. The first-order valence-electron chi connectivity index (χ1n) is 8.72. The quantitative estimate of drug-likeness (QED) is 0.503. The van der Waals surface area contributed by atoms with Crippen molar-refractivity contribution in [1.82, 2.24) is 9.80 Å². The molecule has 8 heteroatoms. The minimum atomic E-state index is 0.0870. The molecule has 1 rings (SSSR count). The van der Waals surface area contributed by atoms with Gasteiger partial charge in [0.15, 0.2) is 0 Å². The highest BCUT2D eigenvalue weighted by Crippen LogP contribution is 1.94. The highest BCUT2D eigenvalue weighted by Gasteiger charge is 2.08. The van der Waals surface area contributed by atoms with Crippen molar-refractivity contribution in [1.29, 1.82) is 0 Å². The van der Waals surface area contributed by atoms with Gasteiger partial charge in [-0.2, -0.15) is 0 Å². The fourth-order valence-electron chi connectivity index (χ4n) is 1.63. The number of ether oxygens (including phenoxy) is 5. The van der Waals surface area contributed by atoms with E-state index in [1.807, 2.05) is 14.1 Å². The number of aliphatic hydroxyl groups excluding tert-OH is 1. The van der Waals surface area contributed by atoms with Crippen molar-refractivity contribution >= 4 is 0 Å². The molecular weight excluding hydrogens is 328 g/mol. The van der Waals surface area contributed by atoms with Crippen LogP contribution in [0.15, 0.2) is 0 Å². The molecule has 1 saturated heterocycles. The number of hydrogen-bond acceptors (Lipinski definition) is 8. The highest BCUT2D eigenvalue weighted by molar-refractivity contribution is 4.60. The molecule has 1 aliphatic rings. The van der Waals surface area contributed by atoms with Gasteiger partial charge in [0.2, 0.25) is 0 Å². The standard InChI is InChI=1S/C7H15NO2.C5H13NO.C5H12O3/c1-9-5-2-8-3-6-10-7-4-8;1-6(2)4-5-7-3;1-7-4-5-8-3-2-6/h2-7H2,1H3;4-5H2,1-3H3;6H,2-5H2,1H3. The Labute approximate surface area is 153 Å². The molecule has 0 spiro atoms. The summed E-state index contributed by atoms with van der Waals surface area (Å²) in [6, 6.07) is 0. The van der Waals surface area contributed by atoms with Crippen LogP contribution in [0, 0.1) is 0 Å². The van der Waals surface area contributed by atoms with Crippen molar-refractivity contribution in [2.24, 2.45) is 0 Å². The SMILES string of the molecule is COCCN(C)C.COCCN1CCOCC1.COCCOCCO. The van der Waals surface area contributed by atoms with Gasteiger partial charge in [0.05, 0.1) is 52.9 Å². The van der Waals surface area contributed by atoms with Gasteiger partial charge in [-0.25, -0.2) is 0 Å². The van der Waals surface area contributed by atoms with E-state index in [0.717, 1.165) is 52.6 Å². The summed E-state index contributed by atoms with van der Waals surface area (Å²) in [5.41, 5.74) is 0. The van der Waals surface area contributed by atoms with Gasteiger partial charge in [-0.05, 0) is 14.1 Å². The first-order valence-corrected chi connectivity index (χ1v) is 8.72. The Morgan fingerprint density at radius 3 is 1.92 bits per heavy atom. The van der Waals surface area contributed by atoms with E-state index in [1.165, 1.54) is 0 Å². The van der Waals surface area contributed by atoms with Crippen LogP contribution in [-0.2, 0) is 23.7 Å². The van der Waals surface area contributed by atoms with E-state index in [1.54, 1.807) is 21.3 Å². The third-order valence-corrected chi connectivity index (χ3v) is 3.13. The summed E-state index contributed by atoms with van der Waals surface area (Å²) in [6.07, 6.45) is 0. The van der Waals surface area contributed by atoms with Crippen molar-refractivity contribution in [3.05, 3.63) is 0 Å². The molecule has 1 fully saturated rings. The van der Waals surface area contributed by atoms with E-state index in [4.69, 9.17) is 24.1 Å². The summed E-state index contributed by atoms with van der Waals surface area (Å²) in [5.74, 6) is 0. The molecule has 0 saturated carbocycles. The molecule has 0 aromatic rings. The lowest BCUT2D eigenvalue weighted by Crippen LogP contribution is -2.38. The average Bonchev–Trinajstić information content (AvgIpc) is 2.64. The fraction of sp³-hybridized carbons (Fsp3) is 1.00. The summed E-state index contributed by atoms with van der Waals surface area (Å²) in [4.78, 5) is 4.44. The molecule has 1 aliphatic heterocycles. The van der Waals surface area contributed by atoms with E-state index in [9.17, 15) is 0 Å². The van der Waals surface area contributed by atoms with Crippen molar-refractivity contribution in [3.8, 4) is 0 Å². The van der Waals surface area contributed by atoms with E-state index < -0.39 is 0 Å². The predicted octanol–water partition coefficient (Wildman–Crippen LogP) is -0.199. The minimum absolute atomic E-state index is 0.0870. The number of nitrogens with zero attached hydrogens (tertiary/aromatic N) is 2. The molecule has 0 aliphatic carbocycles. The molecule has 0 bridgehead atoms. The van der Waals surface area contributed by atoms with Gasteiger partial charge in [-0.1, -0.05) is 0 Å². The average molecular weight is 369 g/mol. The maximum Gasteiger partial charge on any atom is 0.0701 e. The van der Waals surface area contributed by atoms with Crippen molar-refractivity contribution in [3.63, 3.8) is 0 Å². The van der Waals surface area contributed by atoms with E-state index in [-0.39, 0.29) is 6.61 Å². The molecule has 0 aromatic heterocycles. The zero-order valence-electron chi connectivity index (χ0n) is 16.9. The topological polar surface area (TPSA) is 72.9 Å². The molecule has 1 N–H and O–H groups in total. The van der Waals surface area contributed by atoms with Gasteiger partial charge >= 0.3 is 0 Å². The Balaban J connectivity index is 0. The van der Waals surface area contributed by atoms with Crippen LogP contribution in [0.4, 0.5) is 0 Å². The molecule has 0 amide bonds. The second-order valence-electron chi connectivity index (χ2n) is 5.57. The van der Waals surface area contributed by atoms with Crippen LogP contribution < -0.4 is 0 Å². The first-order chi connectivity index (χ1) is 12.1. The normalized spacial score (nSPS) is 14.5. The van der Waals surface area contributed by atoms with Crippen molar-refractivity contribution in [2.75, 3.05) is 114 Å². The number of methoxy groups -OCH3 is 3. The zero-order chi connectivity index (χ0) is 19.2. The van der Waals surface area contributed by atoms with Crippen molar-refractivity contribution in [2.45, 2.75) is 0 Å². The summed E-state index contributed by atoms with van der Waals surface area (Å²) in [5, 5.41) is 8.20. The number of rotatable bonds is 11. The fourth-order valence-corrected chi connectivity index (χ4v) is 1.63. The number of morpholine rings is 1. The number of aliphatic hydroxyl groups is 1. The van der Waals surface area contributed by atoms with Crippen LogP contribution in [0.25, 0.3) is 0 Å². The lowest BCUT2D eigenvalue weighted by Gasteiger charge is -2.25. The first kappa shape index (κ1) is 26.9. The molecule has 0 radical (unpaired) electrons. The van der Waals surface area contributed by atoms with Crippen LogP contribution in [0.3, 0.4) is 0 Å². The molecule has 25 heavy (non-hydrogen) atoms. The largest absolute Gasteiger partial charge is 0.394 e. The molecule has 154 valence electrons. The van der Waals surface area contributed by atoms with E-state index >= 15 is 0 Å². The monoisotopic (exact) mass is 368 g/mol. The summed E-state index contributed by atoms with van der Waals surface area (Å²) < 4.78 is 24.5. The molecule has 0 atom stereocenters. The van der Waals surface area contributed by atoms with Gasteiger partial charge in [0.25, 0.3) is 0 Å². The highest BCUT2D eigenvalue weighted by atomic mass is 16.5. The maximum atomic E-state index is 8.20. The summed E-state index contributed by atoms with van der Waals surface area (Å²) in [6.45, 7) is 9.24. The Kier molecular flexibility index (Phi) is 25.5. The predicted molar refractivity (Wildman–Crippen MR) is 99.3 cm³/mol. The lowest BCUT2D eigenvalue weighted by atomic mass is 10.4. The van der Waals surface area contributed by atoms with E-state index in [2.05, 4.69) is 14.5 Å². The molecule has 8 nitrogen and oxygen atoms in total. The Bertz CT molecular complexity index is 223. The van der Waals surface area contributed by atoms with Gasteiger partial charge in [-0.3, -0.25) is 4.90 Å². The Hall–Kier alpha value is -0.320. The molecule has 1 heterocycles. The third kappa shape index (κ3) is 26.0. The minimum Gasteiger partial charge on any atom is -0.394 e. The molecule has 0 aromatic carbocycles. The van der Waals surface area contributed by atoms with Gasteiger partial charge in [0, 0.05) is 47.5 Å². The second-order valence-corrected chi connectivity index (χ2v) is 5.57. The third-order valence-electron chi connectivity index (χ3n) is 3.13. The van der Waals surface area contributed by atoms with Crippen molar-refractivity contribution < 1.29 is 28.8 Å². The molecule has 0 unspecified atom stereocenters. The van der Waals surface area contributed by atoms with E-state index in [0.29, 0.717) is 19.8 Å². The van der Waals surface area contributed by atoms with Gasteiger partial charge in [-0.15, -0.1) is 0 Å². The van der Waals surface area contributed by atoms with Crippen LogP contribution in [-0.4, -0.2) is 129 Å². The number of likely N-dealkylation sites (N-methyl/N-ethyl adjacent to an activating group) is 1. The van der Waals surface area contributed by atoms with Crippen LogP contribution in [0.5, 0.6) is 0 Å². The van der Waals surface area contributed by atoms with Gasteiger partial charge in [0.1, 0.15) is 0 Å². The van der Waals surface area contributed by atoms with Crippen LogP contribution in [0.1, 0.15) is 0 Å². The molecular formula is C17H40N2O6. The second kappa shape index (κ2) is 23.7.